The number of aromatic nitrogens is 2. The summed E-state index contributed by atoms with van der Waals surface area (Å²) in [5.74, 6) is 0. The van der Waals surface area contributed by atoms with Gasteiger partial charge in [-0.3, -0.25) is 4.68 Å². The Hall–Kier alpha value is -1.17. The van der Waals surface area contributed by atoms with Crippen LogP contribution in [0, 0.1) is 6.92 Å². The minimum atomic E-state index is -0.453. The highest BCUT2D eigenvalue weighted by Crippen LogP contribution is 2.20. The standard InChI is InChI=1S/C17H29N3O2/c1-3-9-20-12-15(14(2)19-20)10-18-11-16(21)13-22-17-7-5-4-6-8-17/h3,12,16-18,21H,1,4-11,13H2,2H3/t16-/m1/s1. The minimum Gasteiger partial charge on any atom is -0.389 e. The predicted octanol–water partition coefficient (Wildman–Crippen LogP) is 2.18. The number of nitrogens with one attached hydrogen (secondary N) is 1. The second-order valence-corrected chi connectivity index (χ2v) is 6.13. The molecule has 22 heavy (non-hydrogen) atoms. The maximum absolute atomic E-state index is 9.99. The third-order valence-electron chi connectivity index (χ3n) is 4.14. The van der Waals surface area contributed by atoms with E-state index in [1.807, 2.05) is 23.9 Å². The first kappa shape index (κ1) is 17.2. The molecule has 1 aliphatic rings. The van der Waals surface area contributed by atoms with Crippen LogP contribution in [0.5, 0.6) is 0 Å². The van der Waals surface area contributed by atoms with Crippen molar-refractivity contribution < 1.29 is 9.84 Å². The molecule has 1 saturated carbocycles. The van der Waals surface area contributed by atoms with E-state index in [1.165, 1.54) is 19.3 Å². The first-order valence-corrected chi connectivity index (χ1v) is 8.33. The Balaban J connectivity index is 1.63. The van der Waals surface area contributed by atoms with Gasteiger partial charge >= 0.3 is 0 Å². The lowest BCUT2D eigenvalue weighted by atomic mass is 9.98. The molecule has 0 spiro atoms. The highest BCUT2D eigenvalue weighted by atomic mass is 16.5. The van der Waals surface area contributed by atoms with E-state index in [0.717, 1.165) is 30.6 Å². The fraction of sp³-hybridized carbons (Fsp3) is 0.706. The zero-order valence-corrected chi connectivity index (χ0v) is 13.6. The molecule has 0 saturated heterocycles. The minimum absolute atomic E-state index is 0.350. The van der Waals surface area contributed by atoms with Crippen LogP contribution in [-0.4, -0.2) is 40.2 Å². The molecule has 1 aromatic rings. The van der Waals surface area contributed by atoms with Crippen LogP contribution in [0.25, 0.3) is 0 Å². The fourth-order valence-corrected chi connectivity index (χ4v) is 2.87. The molecule has 5 heteroatoms. The third-order valence-corrected chi connectivity index (χ3v) is 4.14. The summed E-state index contributed by atoms with van der Waals surface area (Å²) < 4.78 is 7.67. The molecule has 1 atom stereocenters. The lowest BCUT2D eigenvalue weighted by Crippen LogP contribution is -2.32. The number of aliphatic hydroxyl groups excluding tert-OH is 1. The molecule has 1 aliphatic carbocycles. The molecule has 2 N–H and O–H groups in total. The summed E-state index contributed by atoms with van der Waals surface area (Å²) in [6.45, 7) is 8.11. The summed E-state index contributed by atoms with van der Waals surface area (Å²) in [5, 5.41) is 17.7. The van der Waals surface area contributed by atoms with Gasteiger partial charge in [-0.25, -0.2) is 0 Å². The molecule has 5 nitrogen and oxygen atoms in total. The van der Waals surface area contributed by atoms with Gasteiger partial charge in [0, 0.05) is 24.8 Å². The van der Waals surface area contributed by atoms with Gasteiger partial charge in [-0.15, -0.1) is 6.58 Å². The Bertz CT molecular complexity index is 453. The third kappa shape index (κ3) is 5.55. The molecule has 124 valence electrons. The molecule has 0 aromatic carbocycles. The monoisotopic (exact) mass is 307 g/mol. The maximum atomic E-state index is 9.99. The van der Waals surface area contributed by atoms with Crippen molar-refractivity contribution in [1.82, 2.24) is 15.1 Å². The van der Waals surface area contributed by atoms with Crippen LogP contribution < -0.4 is 5.32 Å². The summed E-state index contributed by atoms with van der Waals surface area (Å²) >= 11 is 0. The lowest BCUT2D eigenvalue weighted by molar-refractivity contribution is -0.0230. The number of aliphatic hydroxyl groups is 1. The number of ether oxygens (including phenoxy) is 1. The van der Waals surface area contributed by atoms with Crippen LogP contribution in [-0.2, 0) is 17.8 Å². The van der Waals surface area contributed by atoms with Crippen LogP contribution in [0.2, 0.25) is 0 Å². The number of hydrogen-bond donors (Lipinski definition) is 2. The van der Waals surface area contributed by atoms with Crippen molar-refractivity contribution in [3.8, 4) is 0 Å². The van der Waals surface area contributed by atoms with Crippen LogP contribution in [0.1, 0.15) is 43.4 Å². The topological polar surface area (TPSA) is 59.3 Å². The van der Waals surface area contributed by atoms with Crippen molar-refractivity contribution in [3.63, 3.8) is 0 Å². The van der Waals surface area contributed by atoms with Gasteiger partial charge in [0.1, 0.15) is 0 Å². The van der Waals surface area contributed by atoms with Gasteiger partial charge in [-0.2, -0.15) is 5.10 Å². The Kier molecular flexibility index (Phi) is 7.09. The summed E-state index contributed by atoms with van der Waals surface area (Å²) in [5.41, 5.74) is 2.17. The van der Waals surface area contributed by atoms with Crippen molar-refractivity contribution in [2.45, 2.75) is 64.3 Å². The van der Waals surface area contributed by atoms with Gasteiger partial charge in [0.05, 0.1) is 31.1 Å². The Morgan fingerprint density at radius 3 is 3.00 bits per heavy atom. The highest BCUT2D eigenvalue weighted by molar-refractivity contribution is 5.15. The SMILES string of the molecule is C=CCn1cc(CNC[C@@H](O)COC2CCCCC2)c(C)n1. The predicted molar refractivity (Wildman–Crippen MR) is 87.7 cm³/mol. The first-order valence-electron chi connectivity index (χ1n) is 8.33. The van der Waals surface area contributed by atoms with Gasteiger partial charge < -0.3 is 15.2 Å². The summed E-state index contributed by atoms with van der Waals surface area (Å²) in [7, 11) is 0. The molecule has 0 radical (unpaired) electrons. The summed E-state index contributed by atoms with van der Waals surface area (Å²) in [6.07, 6.45) is 9.87. The smallest absolute Gasteiger partial charge is 0.0897 e. The molecule has 0 unspecified atom stereocenters. The second kappa shape index (κ2) is 9.08. The molecule has 1 aromatic heterocycles. The Morgan fingerprint density at radius 2 is 2.27 bits per heavy atom. The quantitative estimate of drug-likeness (QED) is 0.687. The van der Waals surface area contributed by atoms with Crippen molar-refractivity contribution in [2.24, 2.45) is 0 Å². The number of aryl methyl sites for hydroxylation is 1. The molecule has 1 heterocycles. The molecule has 0 amide bonds. The fourth-order valence-electron chi connectivity index (χ4n) is 2.87. The number of rotatable bonds is 9. The van der Waals surface area contributed by atoms with Crippen molar-refractivity contribution in [2.75, 3.05) is 13.2 Å². The molecule has 1 fully saturated rings. The molecule has 2 rings (SSSR count). The number of nitrogens with zero attached hydrogens (tertiary/aromatic N) is 2. The van der Waals surface area contributed by atoms with Crippen molar-refractivity contribution in [3.05, 3.63) is 30.1 Å². The van der Waals surface area contributed by atoms with Gasteiger partial charge in [-0.05, 0) is 19.8 Å². The van der Waals surface area contributed by atoms with E-state index in [-0.39, 0.29) is 0 Å². The van der Waals surface area contributed by atoms with E-state index >= 15 is 0 Å². The maximum Gasteiger partial charge on any atom is 0.0897 e. The zero-order chi connectivity index (χ0) is 15.8. The zero-order valence-electron chi connectivity index (χ0n) is 13.6. The largest absolute Gasteiger partial charge is 0.389 e. The van der Waals surface area contributed by atoms with E-state index < -0.39 is 6.10 Å². The average molecular weight is 307 g/mol. The van der Waals surface area contributed by atoms with Crippen LogP contribution in [0.4, 0.5) is 0 Å². The van der Waals surface area contributed by atoms with E-state index in [9.17, 15) is 5.11 Å². The van der Waals surface area contributed by atoms with Gasteiger partial charge in [0.2, 0.25) is 0 Å². The van der Waals surface area contributed by atoms with E-state index in [0.29, 0.717) is 25.8 Å². The summed E-state index contributed by atoms with van der Waals surface area (Å²) in [4.78, 5) is 0. The average Bonchev–Trinajstić information content (AvgIpc) is 2.87. The van der Waals surface area contributed by atoms with Crippen LogP contribution in [0.15, 0.2) is 18.9 Å². The van der Waals surface area contributed by atoms with Crippen LogP contribution in [0.3, 0.4) is 0 Å². The van der Waals surface area contributed by atoms with Crippen molar-refractivity contribution in [1.29, 1.82) is 0 Å². The highest BCUT2D eigenvalue weighted by Gasteiger charge is 2.15. The van der Waals surface area contributed by atoms with Gasteiger partial charge in [-0.1, -0.05) is 25.3 Å². The Morgan fingerprint density at radius 1 is 1.50 bits per heavy atom. The molecular weight excluding hydrogens is 278 g/mol. The number of allylic oxidation sites excluding steroid dienone is 1. The van der Waals surface area contributed by atoms with E-state index in [4.69, 9.17) is 4.74 Å². The summed E-state index contributed by atoms with van der Waals surface area (Å²) in [6, 6.07) is 0. The van der Waals surface area contributed by atoms with E-state index in [2.05, 4.69) is 17.0 Å². The van der Waals surface area contributed by atoms with Crippen molar-refractivity contribution >= 4 is 0 Å². The normalized spacial score (nSPS) is 17.5. The lowest BCUT2D eigenvalue weighted by Gasteiger charge is -2.23. The molecule has 0 bridgehead atoms. The van der Waals surface area contributed by atoms with Gasteiger partial charge in [0.15, 0.2) is 0 Å². The second-order valence-electron chi connectivity index (χ2n) is 6.13. The first-order chi connectivity index (χ1) is 10.7. The van der Waals surface area contributed by atoms with Gasteiger partial charge in [0.25, 0.3) is 0 Å². The Labute approximate surface area is 133 Å². The van der Waals surface area contributed by atoms with E-state index in [1.54, 1.807) is 0 Å². The number of hydrogen-bond acceptors (Lipinski definition) is 4. The molecule has 0 aliphatic heterocycles. The van der Waals surface area contributed by atoms with Crippen LogP contribution >= 0.6 is 0 Å². The molecular formula is C17H29N3O2.